The minimum absolute atomic E-state index is 0.0425. The first-order valence-electron chi connectivity index (χ1n) is 7.54. The van der Waals surface area contributed by atoms with E-state index in [0.29, 0.717) is 6.54 Å². The molecule has 0 radical (unpaired) electrons. The summed E-state index contributed by atoms with van der Waals surface area (Å²) >= 11 is 0. The van der Waals surface area contributed by atoms with E-state index in [-0.39, 0.29) is 18.3 Å². The van der Waals surface area contributed by atoms with Gasteiger partial charge in [-0.1, -0.05) is 13.3 Å². The molecule has 7 nitrogen and oxygen atoms in total. The van der Waals surface area contributed by atoms with E-state index < -0.39 is 17.1 Å². The number of carbonyl (C=O) groups is 2. The molecule has 23 heavy (non-hydrogen) atoms. The van der Waals surface area contributed by atoms with Crippen LogP contribution in [0.2, 0.25) is 0 Å². The Morgan fingerprint density at radius 3 is 2.61 bits per heavy atom. The third-order valence-electron chi connectivity index (χ3n) is 3.66. The third-order valence-corrected chi connectivity index (χ3v) is 3.66. The number of pyridine rings is 1. The quantitative estimate of drug-likeness (QED) is 0.779. The number of rotatable bonds is 8. The van der Waals surface area contributed by atoms with Crippen molar-refractivity contribution in [3.05, 3.63) is 28.7 Å². The number of aromatic nitrogens is 1. The fourth-order valence-electron chi connectivity index (χ4n) is 1.90. The molecule has 0 atom stereocenters. The van der Waals surface area contributed by atoms with E-state index >= 15 is 0 Å². The number of aliphatic carboxylic acids is 1. The van der Waals surface area contributed by atoms with E-state index in [9.17, 15) is 19.5 Å². The van der Waals surface area contributed by atoms with Crippen LogP contribution in [0.3, 0.4) is 0 Å². The van der Waals surface area contributed by atoms with Crippen LogP contribution in [0.1, 0.15) is 33.6 Å². The zero-order valence-corrected chi connectivity index (χ0v) is 14.0. The van der Waals surface area contributed by atoms with Gasteiger partial charge in [0.05, 0.1) is 0 Å². The molecule has 1 rings (SSSR count). The number of hydrogen-bond donors (Lipinski definition) is 1. The SMILES string of the molecule is CCCCN(C)C(=O)COc1cccn(C(C)(C)C(=O)O)c1=O. The number of unbranched alkanes of at least 4 members (excludes halogenated alkanes) is 1. The molecule has 1 heterocycles. The Morgan fingerprint density at radius 1 is 1.39 bits per heavy atom. The van der Waals surface area contributed by atoms with Gasteiger partial charge in [-0.05, 0) is 32.4 Å². The van der Waals surface area contributed by atoms with Crippen molar-refractivity contribution in [2.75, 3.05) is 20.2 Å². The molecule has 0 aliphatic heterocycles. The number of ether oxygens (including phenoxy) is 1. The van der Waals surface area contributed by atoms with Crippen molar-refractivity contribution in [1.82, 2.24) is 9.47 Å². The molecule has 0 fully saturated rings. The van der Waals surface area contributed by atoms with Crippen LogP contribution in [0.25, 0.3) is 0 Å². The smallest absolute Gasteiger partial charge is 0.329 e. The first-order valence-corrected chi connectivity index (χ1v) is 7.54. The highest BCUT2D eigenvalue weighted by Gasteiger charge is 2.30. The highest BCUT2D eigenvalue weighted by Crippen LogP contribution is 2.14. The highest BCUT2D eigenvalue weighted by molar-refractivity contribution is 5.77. The predicted octanol–water partition coefficient (Wildman–Crippen LogP) is 1.31. The first kappa shape index (κ1) is 18.7. The van der Waals surface area contributed by atoms with E-state index in [1.54, 1.807) is 11.9 Å². The van der Waals surface area contributed by atoms with Gasteiger partial charge in [0.1, 0.15) is 5.54 Å². The number of carboxylic acid groups (broad SMARTS) is 1. The van der Waals surface area contributed by atoms with Crippen LogP contribution in [0.15, 0.2) is 23.1 Å². The predicted molar refractivity (Wildman–Crippen MR) is 85.7 cm³/mol. The maximum Gasteiger partial charge on any atom is 0.329 e. The largest absolute Gasteiger partial charge is 0.480 e. The summed E-state index contributed by atoms with van der Waals surface area (Å²) < 4.78 is 6.38. The molecular weight excluding hydrogens is 300 g/mol. The lowest BCUT2D eigenvalue weighted by Crippen LogP contribution is -2.42. The Morgan fingerprint density at radius 2 is 2.04 bits per heavy atom. The van der Waals surface area contributed by atoms with Gasteiger partial charge in [0, 0.05) is 19.8 Å². The zero-order valence-electron chi connectivity index (χ0n) is 14.0. The van der Waals surface area contributed by atoms with E-state index in [2.05, 4.69) is 0 Å². The molecule has 7 heteroatoms. The molecule has 0 unspecified atom stereocenters. The molecule has 0 bridgehead atoms. The zero-order chi connectivity index (χ0) is 17.6. The lowest BCUT2D eigenvalue weighted by Gasteiger charge is -2.23. The van der Waals surface area contributed by atoms with Crippen molar-refractivity contribution in [2.24, 2.45) is 0 Å². The maximum atomic E-state index is 12.3. The van der Waals surface area contributed by atoms with Crippen LogP contribution in [-0.4, -0.2) is 46.6 Å². The number of hydrogen-bond acceptors (Lipinski definition) is 4. The highest BCUT2D eigenvalue weighted by atomic mass is 16.5. The lowest BCUT2D eigenvalue weighted by molar-refractivity contribution is -0.145. The third kappa shape index (κ3) is 4.58. The van der Waals surface area contributed by atoms with Crippen molar-refractivity contribution in [2.45, 2.75) is 39.2 Å². The van der Waals surface area contributed by atoms with E-state index in [1.807, 2.05) is 6.92 Å². The van der Waals surface area contributed by atoms with Gasteiger partial charge in [-0.3, -0.25) is 14.2 Å². The average molecular weight is 324 g/mol. The monoisotopic (exact) mass is 324 g/mol. The van der Waals surface area contributed by atoms with Crippen LogP contribution < -0.4 is 10.3 Å². The summed E-state index contributed by atoms with van der Waals surface area (Å²) in [6.07, 6.45) is 3.26. The van der Waals surface area contributed by atoms with Crippen LogP contribution in [0, 0.1) is 0 Å². The van der Waals surface area contributed by atoms with Crippen molar-refractivity contribution < 1.29 is 19.4 Å². The second kappa shape index (κ2) is 7.80. The van der Waals surface area contributed by atoms with Gasteiger partial charge < -0.3 is 14.7 Å². The Balaban J connectivity index is 2.86. The van der Waals surface area contributed by atoms with Crippen LogP contribution >= 0.6 is 0 Å². The number of likely N-dealkylation sites (N-methyl/N-ethyl adjacent to an activating group) is 1. The molecule has 128 valence electrons. The molecule has 0 spiro atoms. The first-order chi connectivity index (χ1) is 10.7. The topological polar surface area (TPSA) is 88.8 Å². The summed E-state index contributed by atoms with van der Waals surface area (Å²) in [5.74, 6) is -1.41. The summed E-state index contributed by atoms with van der Waals surface area (Å²) in [6.45, 7) is 5.25. The molecule has 1 aromatic heterocycles. The average Bonchev–Trinajstić information content (AvgIpc) is 2.50. The fourth-order valence-corrected chi connectivity index (χ4v) is 1.90. The van der Waals surface area contributed by atoms with Gasteiger partial charge in [-0.25, -0.2) is 4.79 Å². The van der Waals surface area contributed by atoms with Gasteiger partial charge in [0.15, 0.2) is 12.4 Å². The molecular formula is C16H24N2O5. The Kier molecular flexibility index (Phi) is 6.36. The van der Waals surface area contributed by atoms with E-state index in [4.69, 9.17) is 4.74 Å². The van der Waals surface area contributed by atoms with Crippen LogP contribution in [0.4, 0.5) is 0 Å². The summed E-state index contributed by atoms with van der Waals surface area (Å²) in [4.78, 5) is 37.1. The molecule has 0 aliphatic carbocycles. The van der Waals surface area contributed by atoms with Gasteiger partial charge in [0.2, 0.25) is 0 Å². The molecule has 1 N–H and O–H groups in total. The molecule has 0 aliphatic rings. The van der Waals surface area contributed by atoms with E-state index in [1.165, 1.54) is 32.2 Å². The Hall–Kier alpha value is -2.31. The van der Waals surface area contributed by atoms with Gasteiger partial charge in [0.25, 0.3) is 11.5 Å². The molecule has 0 saturated carbocycles. The molecule has 0 aromatic carbocycles. The van der Waals surface area contributed by atoms with Gasteiger partial charge >= 0.3 is 5.97 Å². The Labute approximate surface area is 135 Å². The second-order valence-corrected chi connectivity index (χ2v) is 5.87. The summed E-state index contributed by atoms with van der Waals surface area (Å²) in [5, 5.41) is 9.22. The summed E-state index contributed by atoms with van der Waals surface area (Å²) in [5.41, 5.74) is -1.98. The number of amides is 1. The second-order valence-electron chi connectivity index (χ2n) is 5.87. The molecule has 1 aromatic rings. The molecule has 1 amide bonds. The van der Waals surface area contributed by atoms with Crippen molar-refractivity contribution >= 4 is 11.9 Å². The normalized spacial score (nSPS) is 11.1. The van der Waals surface area contributed by atoms with Gasteiger partial charge in [-0.2, -0.15) is 0 Å². The van der Waals surface area contributed by atoms with E-state index in [0.717, 1.165) is 17.4 Å². The minimum atomic E-state index is -1.40. The lowest BCUT2D eigenvalue weighted by atomic mass is 10.1. The maximum absolute atomic E-state index is 12.3. The number of carboxylic acids is 1. The number of nitrogens with zero attached hydrogens (tertiary/aromatic N) is 2. The van der Waals surface area contributed by atoms with Crippen molar-refractivity contribution in [3.8, 4) is 5.75 Å². The van der Waals surface area contributed by atoms with Crippen LogP contribution in [0.5, 0.6) is 5.75 Å². The van der Waals surface area contributed by atoms with Crippen LogP contribution in [-0.2, 0) is 15.1 Å². The minimum Gasteiger partial charge on any atom is -0.480 e. The number of carbonyl (C=O) groups excluding carboxylic acids is 1. The Bertz CT molecular complexity index is 621. The van der Waals surface area contributed by atoms with Crippen molar-refractivity contribution in [1.29, 1.82) is 0 Å². The van der Waals surface area contributed by atoms with Crippen molar-refractivity contribution in [3.63, 3.8) is 0 Å². The fraction of sp³-hybridized carbons (Fsp3) is 0.562. The standard InChI is InChI=1S/C16H24N2O5/c1-5-6-9-17(4)13(19)11-23-12-8-7-10-18(14(12)20)16(2,3)15(21)22/h7-8,10H,5-6,9,11H2,1-4H3,(H,21,22). The summed E-state index contributed by atoms with van der Waals surface area (Å²) in [6, 6.07) is 2.95. The summed E-state index contributed by atoms with van der Waals surface area (Å²) in [7, 11) is 1.68. The molecule has 0 saturated heterocycles. The van der Waals surface area contributed by atoms with Gasteiger partial charge in [-0.15, -0.1) is 0 Å².